The topological polar surface area (TPSA) is 26.3 Å². The van der Waals surface area contributed by atoms with Crippen LogP contribution >= 0.6 is 23.5 Å². The second-order valence-corrected chi connectivity index (χ2v) is 6.50. The molecular weight excluding hydrogens is 240 g/mol. The van der Waals surface area contributed by atoms with Crippen LogP contribution in [0.15, 0.2) is 0 Å². The van der Waals surface area contributed by atoms with Gasteiger partial charge in [-0.15, -0.1) is 11.8 Å². The van der Waals surface area contributed by atoms with Crippen molar-refractivity contribution in [1.29, 1.82) is 0 Å². The number of carbonyl (C=O) groups is 1. The Labute approximate surface area is 107 Å². The molecule has 1 fully saturated rings. The van der Waals surface area contributed by atoms with E-state index in [9.17, 15) is 4.79 Å². The quantitative estimate of drug-likeness (QED) is 0.684. The first kappa shape index (κ1) is 14.2. The largest absolute Gasteiger partial charge is 0.450 e. The fraction of sp³-hybridized carbons (Fsp3) is 0.917. The van der Waals surface area contributed by atoms with E-state index in [4.69, 9.17) is 4.74 Å². The standard InChI is InChI=1S/C12H22O2S2/c1-3-5-10(6-4-2)12(13)14-11-9-15-7-8-16-11/h10-11H,3-9H2,1-2H3. The summed E-state index contributed by atoms with van der Waals surface area (Å²) < 4.78 is 5.56. The van der Waals surface area contributed by atoms with Gasteiger partial charge in [-0.05, 0) is 12.8 Å². The maximum atomic E-state index is 11.9. The van der Waals surface area contributed by atoms with Gasteiger partial charge in [-0.25, -0.2) is 0 Å². The molecule has 0 N–H and O–H groups in total. The highest BCUT2D eigenvalue weighted by Crippen LogP contribution is 2.26. The highest BCUT2D eigenvalue weighted by Gasteiger charge is 2.23. The Morgan fingerprint density at radius 1 is 1.31 bits per heavy atom. The molecule has 0 saturated carbocycles. The first-order chi connectivity index (χ1) is 7.77. The number of hydrogen-bond donors (Lipinski definition) is 0. The fourth-order valence-corrected chi connectivity index (χ4v) is 4.22. The summed E-state index contributed by atoms with van der Waals surface area (Å²) in [6.07, 6.45) is 4.06. The SMILES string of the molecule is CCCC(CCC)C(=O)OC1CSCCS1. The van der Waals surface area contributed by atoms with E-state index in [1.165, 1.54) is 5.75 Å². The van der Waals surface area contributed by atoms with Gasteiger partial charge in [-0.1, -0.05) is 26.7 Å². The highest BCUT2D eigenvalue weighted by molar-refractivity contribution is 8.06. The van der Waals surface area contributed by atoms with Gasteiger partial charge < -0.3 is 4.74 Å². The van der Waals surface area contributed by atoms with Crippen LogP contribution in [0.2, 0.25) is 0 Å². The van der Waals surface area contributed by atoms with Crippen LogP contribution in [-0.2, 0) is 9.53 Å². The molecule has 0 radical (unpaired) electrons. The minimum Gasteiger partial charge on any atom is -0.450 e. The molecule has 1 heterocycles. The van der Waals surface area contributed by atoms with Crippen LogP contribution in [0.4, 0.5) is 0 Å². The van der Waals surface area contributed by atoms with Crippen molar-refractivity contribution in [1.82, 2.24) is 0 Å². The lowest BCUT2D eigenvalue weighted by molar-refractivity contribution is -0.149. The molecule has 1 unspecified atom stereocenters. The van der Waals surface area contributed by atoms with Crippen molar-refractivity contribution in [2.45, 2.75) is 45.0 Å². The summed E-state index contributed by atoms with van der Waals surface area (Å²) in [6, 6.07) is 0. The van der Waals surface area contributed by atoms with Crippen molar-refractivity contribution < 1.29 is 9.53 Å². The second kappa shape index (κ2) is 8.29. The van der Waals surface area contributed by atoms with Crippen LogP contribution in [-0.4, -0.2) is 28.7 Å². The van der Waals surface area contributed by atoms with Crippen LogP contribution in [0.5, 0.6) is 0 Å². The maximum Gasteiger partial charge on any atom is 0.310 e. The van der Waals surface area contributed by atoms with Gasteiger partial charge in [-0.2, -0.15) is 11.8 Å². The maximum absolute atomic E-state index is 11.9. The number of ether oxygens (including phenoxy) is 1. The first-order valence-corrected chi connectivity index (χ1v) is 8.38. The average Bonchev–Trinajstić information content (AvgIpc) is 2.30. The van der Waals surface area contributed by atoms with E-state index in [2.05, 4.69) is 13.8 Å². The molecule has 16 heavy (non-hydrogen) atoms. The summed E-state index contributed by atoms with van der Waals surface area (Å²) in [5.41, 5.74) is 0.0995. The molecule has 0 amide bonds. The number of esters is 1. The number of rotatable bonds is 6. The zero-order chi connectivity index (χ0) is 11.8. The Kier molecular flexibility index (Phi) is 7.37. The molecule has 1 saturated heterocycles. The summed E-state index contributed by atoms with van der Waals surface area (Å²) in [7, 11) is 0. The molecule has 0 aliphatic carbocycles. The molecule has 0 aromatic carbocycles. The van der Waals surface area contributed by atoms with Gasteiger partial charge in [0.25, 0.3) is 0 Å². The molecule has 0 aromatic rings. The lowest BCUT2D eigenvalue weighted by Gasteiger charge is -2.23. The summed E-state index contributed by atoms with van der Waals surface area (Å²) in [4.78, 5) is 11.9. The number of carbonyl (C=O) groups excluding carboxylic acids is 1. The van der Waals surface area contributed by atoms with Crippen molar-refractivity contribution in [3.8, 4) is 0 Å². The summed E-state index contributed by atoms with van der Waals surface area (Å²) in [6.45, 7) is 4.25. The molecule has 0 aromatic heterocycles. The third-order valence-electron chi connectivity index (χ3n) is 2.64. The Morgan fingerprint density at radius 3 is 2.50 bits per heavy atom. The van der Waals surface area contributed by atoms with E-state index in [1.807, 2.05) is 11.8 Å². The van der Waals surface area contributed by atoms with Gasteiger partial charge in [0.2, 0.25) is 0 Å². The molecule has 2 nitrogen and oxygen atoms in total. The third-order valence-corrected chi connectivity index (χ3v) is 5.22. The monoisotopic (exact) mass is 262 g/mol. The third kappa shape index (κ3) is 5.00. The van der Waals surface area contributed by atoms with Gasteiger partial charge in [0.05, 0.1) is 5.92 Å². The zero-order valence-corrected chi connectivity index (χ0v) is 11.9. The summed E-state index contributed by atoms with van der Waals surface area (Å²) in [5.74, 6) is 3.41. The molecule has 4 heteroatoms. The van der Waals surface area contributed by atoms with Crippen LogP contribution in [0.3, 0.4) is 0 Å². The van der Waals surface area contributed by atoms with Crippen molar-refractivity contribution >= 4 is 29.5 Å². The Balaban J connectivity index is 2.34. The van der Waals surface area contributed by atoms with Crippen LogP contribution in [0.25, 0.3) is 0 Å². The van der Waals surface area contributed by atoms with E-state index in [1.54, 1.807) is 11.8 Å². The van der Waals surface area contributed by atoms with Crippen LogP contribution < -0.4 is 0 Å². The minimum atomic E-state index is 0.0312. The molecule has 0 spiro atoms. The van der Waals surface area contributed by atoms with Crippen molar-refractivity contribution in [2.24, 2.45) is 5.92 Å². The lowest BCUT2D eigenvalue weighted by atomic mass is 9.99. The van der Waals surface area contributed by atoms with Crippen LogP contribution in [0.1, 0.15) is 39.5 Å². The van der Waals surface area contributed by atoms with Crippen molar-refractivity contribution in [3.63, 3.8) is 0 Å². The number of thioether (sulfide) groups is 2. The zero-order valence-electron chi connectivity index (χ0n) is 10.2. The lowest BCUT2D eigenvalue weighted by Crippen LogP contribution is -2.26. The van der Waals surface area contributed by atoms with Gasteiger partial charge >= 0.3 is 5.97 Å². The molecular formula is C12H22O2S2. The van der Waals surface area contributed by atoms with E-state index >= 15 is 0 Å². The fourth-order valence-electron chi connectivity index (χ4n) is 1.84. The smallest absolute Gasteiger partial charge is 0.310 e. The Morgan fingerprint density at radius 2 is 2.00 bits per heavy atom. The average molecular weight is 262 g/mol. The van der Waals surface area contributed by atoms with E-state index < -0.39 is 0 Å². The van der Waals surface area contributed by atoms with E-state index in [0.717, 1.165) is 37.2 Å². The molecule has 1 atom stereocenters. The van der Waals surface area contributed by atoms with Crippen molar-refractivity contribution in [3.05, 3.63) is 0 Å². The first-order valence-electron chi connectivity index (χ1n) is 6.17. The van der Waals surface area contributed by atoms with Crippen molar-refractivity contribution in [2.75, 3.05) is 17.3 Å². The minimum absolute atomic E-state index is 0.0312. The Hall–Kier alpha value is 0.170. The highest BCUT2D eigenvalue weighted by atomic mass is 32.2. The summed E-state index contributed by atoms with van der Waals surface area (Å²) >= 11 is 3.67. The number of hydrogen-bond acceptors (Lipinski definition) is 4. The molecule has 1 aliphatic rings. The second-order valence-electron chi connectivity index (χ2n) is 4.09. The van der Waals surface area contributed by atoms with E-state index in [0.29, 0.717) is 0 Å². The Bertz CT molecular complexity index is 197. The molecule has 1 rings (SSSR count). The van der Waals surface area contributed by atoms with Gasteiger partial charge in [-0.3, -0.25) is 4.79 Å². The molecule has 94 valence electrons. The van der Waals surface area contributed by atoms with Gasteiger partial charge in [0.15, 0.2) is 5.44 Å². The molecule has 1 aliphatic heterocycles. The summed E-state index contributed by atoms with van der Waals surface area (Å²) in [5, 5.41) is 0. The van der Waals surface area contributed by atoms with Gasteiger partial charge in [0.1, 0.15) is 0 Å². The predicted molar refractivity (Wildman–Crippen MR) is 73.0 cm³/mol. The molecule has 0 bridgehead atoms. The normalized spacial score (nSPS) is 21.1. The predicted octanol–water partition coefficient (Wildman–Crippen LogP) is 3.55. The van der Waals surface area contributed by atoms with Crippen LogP contribution in [0, 0.1) is 5.92 Å². The van der Waals surface area contributed by atoms with Gasteiger partial charge in [0, 0.05) is 17.3 Å². The van der Waals surface area contributed by atoms with E-state index in [-0.39, 0.29) is 17.3 Å².